The molecular weight excluding hydrogens is 1120 g/mol. The number of fused-ring (bicyclic) bond motifs is 1. The lowest BCUT2D eigenvalue weighted by Crippen LogP contribution is -2.67. The lowest BCUT2D eigenvalue weighted by Gasteiger charge is -2.55. The van der Waals surface area contributed by atoms with Gasteiger partial charge in [-0.15, -0.1) is 0 Å². The van der Waals surface area contributed by atoms with E-state index in [0.29, 0.717) is 38.0 Å². The Labute approximate surface area is 475 Å². The number of Topliss-reactive ketones (excluding diaryl/α,β-unsaturated/α-hetero) is 1. The summed E-state index contributed by atoms with van der Waals surface area (Å²) in [5, 5.41) is -1.61. The molecule has 5 heterocycles. The molecule has 1 aromatic rings. The normalized spacial score (nSPS) is 34.3. The fourth-order valence-corrected chi connectivity index (χ4v) is 17.4. The number of aldehydes is 1. The minimum Gasteiger partial charge on any atom is -0.409 e. The summed E-state index contributed by atoms with van der Waals surface area (Å²) >= 11 is 2.28. The Morgan fingerprint density at radius 1 is 0.829 bits per heavy atom. The molecule has 5 saturated heterocycles. The van der Waals surface area contributed by atoms with E-state index in [1.165, 1.54) is 0 Å². The predicted octanol–water partition coefficient (Wildman–Crippen LogP) is 14.1. The van der Waals surface area contributed by atoms with E-state index in [1.807, 2.05) is 4.08 Å². The summed E-state index contributed by atoms with van der Waals surface area (Å²) in [6.45, 7) is 42.3. The fourth-order valence-electron chi connectivity index (χ4n) is 12.0. The lowest BCUT2D eigenvalue weighted by atomic mass is 9.78. The Morgan fingerprint density at radius 3 is 2.07 bits per heavy atom. The summed E-state index contributed by atoms with van der Waals surface area (Å²) in [4.78, 5) is 27.0. The van der Waals surface area contributed by atoms with Gasteiger partial charge in [-0.05, 0) is 133 Å². The Kier molecular flexibility index (Phi) is 22.0. The van der Waals surface area contributed by atoms with Gasteiger partial charge in [0.25, 0.3) is 0 Å². The van der Waals surface area contributed by atoms with E-state index in [1.54, 1.807) is 30.3 Å². The van der Waals surface area contributed by atoms with Crippen LogP contribution in [0.15, 0.2) is 69.7 Å². The van der Waals surface area contributed by atoms with Crippen LogP contribution in [0.3, 0.4) is 0 Å². The van der Waals surface area contributed by atoms with Crippen molar-refractivity contribution in [3.8, 4) is 0 Å². The number of benzene rings is 1. The van der Waals surface area contributed by atoms with Gasteiger partial charge in [0, 0.05) is 31.1 Å². The molecule has 0 radical (unpaired) electrons. The van der Waals surface area contributed by atoms with Crippen molar-refractivity contribution in [3.63, 3.8) is 0 Å². The highest BCUT2D eigenvalue weighted by molar-refractivity contribution is 14.1. The summed E-state index contributed by atoms with van der Waals surface area (Å²) in [5.41, 5.74) is 2.03. The molecular formula is C61H99IO11SSi2. The van der Waals surface area contributed by atoms with Gasteiger partial charge in [0.1, 0.15) is 23.7 Å². The Balaban J connectivity index is 1.34. The molecule has 11 nitrogen and oxygen atoms in total. The van der Waals surface area contributed by atoms with Crippen LogP contribution in [0.25, 0.3) is 0 Å². The van der Waals surface area contributed by atoms with Crippen LogP contribution in [0.2, 0.25) is 36.3 Å². The maximum atomic E-state index is 15.8. The number of carbonyl (C=O) groups is 2. The zero-order valence-corrected chi connectivity index (χ0v) is 54.2. The summed E-state index contributed by atoms with van der Waals surface area (Å²) in [6.07, 6.45) is 6.48. The van der Waals surface area contributed by atoms with Gasteiger partial charge in [-0.1, -0.05) is 143 Å². The van der Waals surface area contributed by atoms with E-state index in [4.69, 9.17) is 32.5 Å². The molecule has 5 aliphatic heterocycles. The van der Waals surface area contributed by atoms with E-state index in [2.05, 4.69) is 144 Å². The molecule has 5 aliphatic rings. The molecule has 0 bridgehead atoms. The van der Waals surface area contributed by atoms with Crippen molar-refractivity contribution < 1.29 is 50.5 Å². The highest BCUT2D eigenvalue weighted by Crippen LogP contribution is 2.49. The molecule has 0 aromatic heterocycles. The van der Waals surface area contributed by atoms with Crippen LogP contribution in [0, 0.1) is 29.6 Å². The highest BCUT2D eigenvalue weighted by Gasteiger charge is 2.58. The molecule has 1 aromatic carbocycles. The van der Waals surface area contributed by atoms with E-state index >= 15 is 13.2 Å². The van der Waals surface area contributed by atoms with Crippen LogP contribution in [0.4, 0.5) is 0 Å². The Hall–Kier alpha value is -1.39. The SMILES string of the molecule is C=C1C[C@H](CCC=O)OC1CC[C@H]1C[C@@H](C)C(=C)C(C[C@@H]2O[C@H](C[C@H](C)CC)[C@H](C)C2C(C(=O)C[C@H]2CC[C@@H]3O[C@@H]([C@@H](C)/C=C/I)[C@@H](O[Si](C)(C)C(C)(C)C)[C@@H](O[Si](C)(C)C(C)(C)C)[C@H]3O2)S(=O)(=O)c2ccccc2)O1. The predicted molar refractivity (Wildman–Crippen MR) is 319 cm³/mol. The van der Waals surface area contributed by atoms with Crippen LogP contribution in [0.5, 0.6) is 0 Å². The van der Waals surface area contributed by atoms with Gasteiger partial charge < -0.3 is 37.3 Å². The number of hydrogen-bond donors (Lipinski definition) is 0. The standard InChI is InChI=1S/C61H99IO11SSi2/c1-18-38(2)33-51-43(7)54(53(70-51)37-52-42(6)40(4)34-45(68-52)26-28-49-41(5)35-44(67-49)23-22-32-63)59(74(65,66)47-24-20-19-21-25-47)48(64)36-46-27-29-50-56(69-46)58(73-76(16,17)61(11,12)13)57(55(71-50)39(3)30-31-62)72-75(14,15)60(8,9)10/h19-21,24-25,30-32,38-40,43-46,49-59H,5-6,18,22-23,26-29,33-37H2,1-4,7-17H3/b31-30+/t38-,39+,40-,43+,44+,45+,46-,49?,50+,51-,52?,53+,54?,55+,56+,57-,58+,59?/m1/s1. The van der Waals surface area contributed by atoms with E-state index in [9.17, 15) is 4.79 Å². The third-order valence-corrected chi connectivity index (χ3v) is 30.6. The van der Waals surface area contributed by atoms with Crippen molar-refractivity contribution in [2.45, 2.75) is 273 Å². The number of rotatable bonds is 23. The molecule has 0 spiro atoms. The number of halogens is 1. The summed E-state index contributed by atoms with van der Waals surface area (Å²) in [7, 11) is -9.15. The van der Waals surface area contributed by atoms with Crippen LogP contribution >= 0.6 is 22.6 Å². The maximum absolute atomic E-state index is 15.8. The van der Waals surface area contributed by atoms with Gasteiger partial charge in [0.15, 0.2) is 32.3 Å². The quantitative estimate of drug-likeness (QED) is 0.0449. The molecule has 76 heavy (non-hydrogen) atoms. The zero-order chi connectivity index (χ0) is 56.3. The molecule has 0 amide bonds. The third-order valence-electron chi connectivity index (χ3n) is 19.1. The summed E-state index contributed by atoms with van der Waals surface area (Å²) < 4.78 is 83.0. The average molecular weight is 1220 g/mol. The van der Waals surface area contributed by atoms with E-state index in [0.717, 1.165) is 56.0 Å². The Morgan fingerprint density at radius 2 is 1.46 bits per heavy atom. The average Bonchev–Trinajstić information content (AvgIpc) is 3.84. The van der Waals surface area contributed by atoms with Gasteiger partial charge >= 0.3 is 0 Å². The van der Waals surface area contributed by atoms with Crippen molar-refractivity contribution >= 4 is 61.1 Å². The molecule has 15 heteroatoms. The molecule has 0 saturated carbocycles. The zero-order valence-electron chi connectivity index (χ0n) is 49.2. The first-order valence-corrected chi connectivity index (χ1v) is 37.6. The van der Waals surface area contributed by atoms with Crippen molar-refractivity contribution in [3.05, 3.63) is 64.8 Å². The second-order valence-corrected chi connectivity index (χ2v) is 39.1. The number of carbonyl (C=O) groups excluding carboxylic acids is 2. The maximum Gasteiger partial charge on any atom is 0.192 e. The molecule has 5 fully saturated rings. The van der Waals surface area contributed by atoms with Crippen LogP contribution in [-0.4, -0.2) is 116 Å². The largest absolute Gasteiger partial charge is 0.409 e. The highest BCUT2D eigenvalue weighted by atomic mass is 127. The van der Waals surface area contributed by atoms with Crippen LogP contribution in [0.1, 0.15) is 153 Å². The number of sulfone groups is 1. The second-order valence-electron chi connectivity index (χ2n) is 26.8. The van der Waals surface area contributed by atoms with Crippen molar-refractivity contribution in [2.24, 2.45) is 29.6 Å². The molecule has 430 valence electrons. The third kappa shape index (κ3) is 15.0. The summed E-state index contributed by atoms with van der Waals surface area (Å²) in [5.74, 6) is -0.772. The number of ether oxygens (including phenoxy) is 5. The fraction of sp³-hybridized carbons (Fsp3) is 0.770. The van der Waals surface area contributed by atoms with E-state index in [-0.39, 0.29) is 81.6 Å². The van der Waals surface area contributed by atoms with Gasteiger partial charge in [0.2, 0.25) is 0 Å². The lowest BCUT2D eigenvalue weighted by molar-refractivity contribution is -0.262. The Bertz CT molecular complexity index is 2260. The van der Waals surface area contributed by atoms with E-state index < -0.39 is 74.3 Å². The number of hydrogen-bond acceptors (Lipinski definition) is 11. The van der Waals surface area contributed by atoms with Gasteiger partial charge in [-0.3, -0.25) is 4.79 Å². The second kappa shape index (κ2) is 26.2. The van der Waals surface area contributed by atoms with Crippen LogP contribution < -0.4 is 0 Å². The molecule has 18 atom stereocenters. The topological polar surface area (TPSA) is 133 Å². The molecule has 0 aliphatic carbocycles. The van der Waals surface area contributed by atoms with Crippen molar-refractivity contribution in [2.75, 3.05) is 0 Å². The smallest absolute Gasteiger partial charge is 0.192 e. The van der Waals surface area contributed by atoms with Gasteiger partial charge in [-0.2, -0.15) is 0 Å². The summed E-state index contributed by atoms with van der Waals surface area (Å²) in [6, 6.07) is 8.49. The minimum atomic E-state index is -4.26. The molecule has 6 rings (SSSR count). The monoisotopic (exact) mass is 1220 g/mol. The first-order chi connectivity index (χ1) is 35.4. The van der Waals surface area contributed by atoms with Crippen LogP contribution in [-0.2, 0) is 52.0 Å². The first kappa shape index (κ1) is 63.8. The van der Waals surface area contributed by atoms with Crippen molar-refractivity contribution in [1.29, 1.82) is 0 Å². The van der Waals surface area contributed by atoms with Gasteiger partial charge in [0.05, 0.1) is 65.9 Å². The number of ketones is 1. The first-order valence-electron chi connectivity index (χ1n) is 29.0. The van der Waals surface area contributed by atoms with Gasteiger partial charge in [-0.25, -0.2) is 8.42 Å². The molecule has 0 N–H and O–H groups in total. The van der Waals surface area contributed by atoms with Crippen molar-refractivity contribution in [1.82, 2.24) is 0 Å². The minimum absolute atomic E-state index is 0.0104. The molecule has 4 unspecified atom stereocenters.